The molecule has 3 aromatic rings. The number of fused-ring (bicyclic) bond motifs is 1. The molecule has 0 radical (unpaired) electrons. The molecule has 4 rings (SSSR count). The van der Waals surface area contributed by atoms with Gasteiger partial charge in [0.05, 0.1) is 17.4 Å². The van der Waals surface area contributed by atoms with E-state index in [9.17, 15) is 9.59 Å². The van der Waals surface area contributed by atoms with Crippen LogP contribution in [-0.4, -0.2) is 24.0 Å². The Hall–Kier alpha value is -2.41. The maximum absolute atomic E-state index is 12.7. The van der Waals surface area contributed by atoms with E-state index >= 15 is 0 Å². The minimum atomic E-state index is -0.596. The van der Waals surface area contributed by atoms with Crippen molar-refractivity contribution in [2.75, 3.05) is 18.4 Å². The normalized spacial score (nSPS) is 15.8. The topological polar surface area (TPSA) is 84.2 Å². The molecule has 6 nitrogen and oxygen atoms in total. The first-order valence-corrected chi connectivity index (χ1v) is 9.13. The standard InChI is InChI=1S/C21H21N3O3.2ClH/c1-13-9-18(15-6-4-8-22-11-15)27-21(26)19(13)20(25)24-16-10-14-5-2-3-7-17(14)23-12-16;;/h2-3,5,7,9-10,12,15,22H,4,6,8,11H2,1H3,(H,24,25);2*1H. The molecule has 154 valence electrons. The predicted molar refractivity (Wildman–Crippen MR) is 119 cm³/mol. The lowest BCUT2D eigenvalue weighted by molar-refractivity contribution is 0.102. The van der Waals surface area contributed by atoms with E-state index in [4.69, 9.17) is 4.42 Å². The summed E-state index contributed by atoms with van der Waals surface area (Å²) in [6.07, 6.45) is 3.60. The Morgan fingerprint density at radius 2 is 2.03 bits per heavy atom. The fourth-order valence-electron chi connectivity index (χ4n) is 3.53. The molecule has 0 aliphatic carbocycles. The summed E-state index contributed by atoms with van der Waals surface area (Å²) < 4.78 is 5.49. The molecular formula is C21H23Cl2N3O3. The zero-order valence-electron chi connectivity index (χ0n) is 15.9. The molecule has 1 saturated heterocycles. The Bertz CT molecular complexity index is 1060. The number of carbonyl (C=O) groups excluding carboxylic acids is 1. The summed E-state index contributed by atoms with van der Waals surface area (Å²) in [6, 6.07) is 11.3. The van der Waals surface area contributed by atoms with Crippen molar-refractivity contribution < 1.29 is 9.21 Å². The Morgan fingerprint density at radius 3 is 2.76 bits per heavy atom. The average Bonchev–Trinajstić information content (AvgIpc) is 2.68. The van der Waals surface area contributed by atoms with Crippen LogP contribution < -0.4 is 16.3 Å². The van der Waals surface area contributed by atoms with Gasteiger partial charge >= 0.3 is 5.63 Å². The van der Waals surface area contributed by atoms with Crippen molar-refractivity contribution in [3.05, 3.63) is 69.9 Å². The van der Waals surface area contributed by atoms with Crippen molar-refractivity contribution >= 4 is 47.3 Å². The Morgan fingerprint density at radius 1 is 1.24 bits per heavy atom. The van der Waals surface area contributed by atoms with Crippen LogP contribution in [0.2, 0.25) is 0 Å². The summed E-state index contributed by atoms with van der Waals surface area (Å²) in [5.74, 6) is 0.340. The van der Waals surface area contributed by atoms with Crippen LogP contribution in [0, 0.1) is 6.92 Å². The van der Waals surface area contributed by atoms with Gasteiger partial charge in [-0.15, -0.1) is 24.8 Å². The number of rotatable bonds is 3. The number of aryl methyl sites for hydroxylation is 1. The van der Waals surface area contributed by atoms with E-state index in [2.05, 4.69) is 15.6 Å². The van der Waals surface area contributed by atoms with Gasteiger partial charge < -0.3 is 15.1 Å². The Kier molecular flexibility index (Phi) is 7.79. The molecule has 2 aromatic heterocycles. The first kappa shape index (κ1) is 22.9. The van der Waals surface area contributed by atoms with Crippen LogP contribution in [0.5, 0.6) is 0 Å². The van der Waals surface area contributed by atoms with Gasteiger partial charge in [-0.05, 0) is 50.1 Å². The van der Waals surface area contributed by atoms with Gasteiger partial charge in [0.15, 0.2) is 0 Å². The van der Waals surface area contributed by atoms with E-state index in [1.165, 1.54) is 0 Å². The van der Waals surface area contributed by atoms with Crippen molar-refractivity contribution in [1.82, 2.24) is 10.3 Å². The van der Waals surface area contributed by atoms with Crippen LogP contribution in [-0.2, 0) is 0 Å². The molecule has 0 spiro atoms. The van der Waals surface area contributed by atoms with Gasteiger partial charge in [0.2, 0.25) is 0 Å². The largest absolute Gasteiger partial charge is 0.427 e. The van der Waals surface area contributed by atoms with Crippen molar-refractivity contribution in [2.45, 2.75) is 25.7 Å². The molecule has 1 amide bonds. The molecule has 1 aliphatic rings. The van der Waals surface area contributed by atoms with E-state index in [1.54, 1.807) is 13.1 Å². The molecule has 3 heterocycles. The fourth-order valence-corrected chi connectivity index (χ4v) is 3.53. The van der Waals surface area contributed by atoms with Gasteiger partial charge in [0.1, 0.15) is 11.3 Å². The van der Waals surface area contributed by atoms with Gasteiger partial charge in [-0.1, -0.05) is 18.2 Å². The van der Waals surface area contributed by atoms with Crippen LogP contribution in [0.25, 0.3) is 10.9 Å². The molecule has 0 saturated carbocycles. The maximum Gasteiger partial charge on any atom is 0.349 e. The minimum absolute atomic E-state index is 0. The first-order chi connectivity index (χ1) is 13.1. The van der Waals surface area contributed by atoms with Crippen LogP contribution in [0.4, 0.5) is 5.69 Å². The Labute approximate surface area is 180 Å². The van der Waals surface area contributed by atoms with Crippen molar-refractivity contribution in [3.63, 3.8) is 0 Å². The monoisotopic (exact) mass is 435 g/mol. The number of carbonyl (C=O) groups is 1. The quantitative estimate of drug-likeness (QED) is 0.647. The number of aromatic nitrogens is 1. The van der Waals surface area contributed by atoms with Crippen LogP contribution in [0.15, 0.2) is 51.8 Å². The summed E-state index contributed by atoms with van der Waals surface area (Å²) in [5.41, 5.74) is 1.45. The van der Waals surface area contributed by atoms with E-state index in [0.29, 0.717) is 17.0 Å². The highest BCUT2D eigenvalue weighted by atomic mass is 35.5. The number of hydrogen-bond donors (Lipinski definition) is 2. The lowest BCUT2D eigenvalue weighted by Gasteiger charge is -2.22. The smallest absolute Gasteiger partial charge is 0.349 e. The summed E-state index contributed by atoms with van der Waals surface area (Å²) in [7, 11) is 0. The molecule has 1 atom stereocenters. The zero-order valence-corrected chi connectivity index (χ0v) is 17.6. The lowest BCUT2D eigenvalue weighted by Crippen LogP contribution is -2.30. The maximum atomic E-state index is 12.7. The van der Waals surface area contributed by atoms with Crippen molar-refractivity contribution in [2.24, 2.45) is 0 Å². The van der Waals surface area contributed by atoms with E-state index in [0.717, 1.165) is 36.8 Å². The van der Waals surface area contributed by atoms with Gasteiger partial charge in [-0.2, -0.15) is 0 Å². The minimum Gasteiger partial charge on any atom is -0.427 e. The second-order valence-electron chi connectivity index (χ2n) is 6.91. The number of para-hydroxylation sites is 1. The van der Waals surface area contributed by atoms with E-state index in [1.807, 2.05) is 36.4 Å². The average molecular weight is 436 g/mol. The highest BCUT2D eigenvalue weighted by molar-refractivity contribution is 6.05. The number of amides is 1. The second-order valence-corrected chi connectivity index (χ2v) is 6.91. The van der Waals surface area contributed by atoms with Crippen LogP contribution >= 0.6 is 24.8 Å². The number of benzene rings is 1. The fraction of sp³-hybridized carbons (Fsp3) is 0.286. The molecule has 1 aromatic carbocycles. The van der Waals surface area contributed by atoms with Crippen LogP contribution in [0.1, 0.15) is 40.4 Å². The van der Waals surface area contributed by atoms with Gasteiger partial charge in [0.25, 0.3) is 5.91 Å². The van der Waals surface area contributed by atoms with Gasteiger partial charge in [0, 0.05) is 17.8 Å². The van der Waals surface area contributed by atoms with Crippen molar-refractivity contribution in [1.29, 1.82) is 0 Å². The van der Waals surface area contributed by atoms with Crippen LogP contribution in [0.3, 0.4) is 0 Å². The summed E-state index contributed by atoms with van der Waals surface area (Å²) in [6.45, 7) is 3.54. The summed E-state index contributed by atoms with van der Waals surface area (Å²) >= 11 is 0. The van der Waals surface area contributed by atoms with E-state index < -0.39 is 11.5 Å². The lowest BCUT2D eigenvalue weighted by atomic mass is 9.95. The molecule has 8 heteroatoms. The van der Waals surface area contributed by atoms with E-state index in [-0.39, 0.29) is 36.3 Å². The first-order valence-electron chi connectivity index (χ1n) is 9.13. The third-order valence-corrected chi connectivity index (χ3v) is 4.94. The van der Waals surface area contributed by atoms with Gasteiger partial charge in [-0.25, -0.2) is 4.79 Å². The zero-order chi connectivity index (χ0) is 18.8. The molecule has 1 unspecified atom stereocenters. The van der Waals surface area contributed by atoms with Crippen molar-refractivity contribution in [3.8, 4) is 0 Å². The highest BCUT2D eigenvalue weighted by Crippen LogP contribution is 2.24. The van der Waals surface area contributed by atoms with Gasteiger partial charge in [-0.3, -0.25) is 9.78 Å². The predicted octanol–water partition coefficient (Wildman–Crippen LogP) is 4.06. The molecule has 2 N–H and O–H groups in total. The number of nitrogens with one attached hydrogen (secondary N) is 2. The molecular weight excluding hydrogens is 413 g/mol. The molecule has 1 fully saturated rings. The molecule has 29 heavy (non-hydrogen) atoms. The number of halogens is 2. The number of anilines is 1. The number of hydrogen-bond acceptors (Lipinski definition) is 5. The third-order valence-electron chi connectivity index (χ3n) is 4.94. The molecule has 0 bridgehead atoms. The number of pyridine rings is 1. The molecule has 1 aliphatic heterocycles. The third kappa shape index (κ3) is 4.96. The second kappa shape index (κ2) is 9.87. The Balaban J connectivity index is 0.00000150. The highest BCUT2D eigenvalue weighted by Gasteiger charge is 2.22. The number of piperidine rings is 1. The summed E-state index contributed by atoms with van der Waals surface area (Å²) in [4.78, 5) is 29.5. The summed E-state index contributed by atoms with van der Waals surface area (Å²) in [5, 5.41) is 6.98. The number of nitrogens with zero attached hydrogens (tertiary/aromatic N) is 1. The SMILES string of the molecule is Cc1cc(C2CCCNC2)oc(=O)c1C(=O)Nc1cnc2ccccc2c1.Cl.Cl.